The van der Waals surface area contributed by atoms with Crippen LogP contribution in [-0.4, -0.2) is 37.8 Å². The molecule has 4 heterocycles. The van der Waals surface area contributed by atoms with Crippen LogP contribution in [-0.2, 0) is 7.05 Å². The highest BCUT2D eigenvalue weighted by molar-refractivity contribution is 5.86. The summed E-state index contributed by atoms with van der Waals surface area (Å²) >= 11 is 0. The van der Waals surface area contributed by atoms with Gasteiger partial charge < -0.3 is 10.6 Å². The van der Waals surface area contributed by atoms with E-state index in [2.05, 4.69) is 26.0 Å². The van der Waals surface area contributed by atoms with E-state index in [-0.39, 0.29) is 0 Å². The number of anilines is 2. The topological polar surface area (TPSA) is 85.8 Å². The molecule has 1 aliphatic rings. The Morgan fingerprint density at radius 2 is 2.17 bits per heavy atom. The van der Waals surface area contributed by atoms with Gasteiger partial charge in [-0.25, -0.2) is 19.6 Å². The predicted octanol–water partition coefficient (Wildman–Crippen LogP) is 1.72. The van der Waals surface area contributed by atoms with Gasteiger partial charge in [0.15, 0.2) is 11.5 Å². The standard InChI is InChI=1S/C16H19N7/c1-22-16-12(15(17)21-22)4-5-13(20-16)11-3-2-8-23(9-11)14-6-7-18-10-19-14/h4-7,10-11H,2-3,8-9H2,1H3,(H2,17,21). The van der Waals surface area contributed by atoms with E-state index in [0.717, 1.165) is 48.5 Å². The van der Waals surface area contributed by atoms with Crippen molar-refractivity contribution in [2.24, 2.45) is 7.05 Å². The third kappa shape index (κ3) is 2.48. The zero-order chi connectivity index (χ0) is 15.8. The predicted molar refractivity (Wildman–Crippen MR) is 89.1 cm³/mol. The van der Waals surface area contributed by atoms with Gasteiger partial charge in [-0.05, 0) is 31.0 Å². The van der Waals surface area contributed by atoms with Crippen molar-refractivity contribution in [3.8, 4) is 0 Å². The summed E-state index contributed by atoms with van der Waals surface area (Å²) < 4.78 is 1.75. The average Bonchev–Trinajstić information content (AvgIpc) is 2.90. The van der Waals surface area contributed by atoms with Crippen molar-refractivity contribution in [2.45, 2.75) is 18.8 Å². The molecule has 7 heteroatoms. The molecule has 4 rings (SSSR count). The van der Waals surface area contributed by atoms with Gasteiger partial charge in [-0.2, -0.15) is 5.10 Å². The fraction of sp³-hybridized carbons (Fsp3) is 0.375. The molecular formula is C16H19N7. The monoisotopic (exact) mass is 309 g/mol. The Hall–Kier alpha value is -2.70. The van der Waals surface area contributed by atoms with Gasteiger partial charge in [-0.3, -0.25) is 0 Å². The Bertz CT molecular complexity index is 827. The van der Waals surface area contributed by atoms with Gasteiger partial charge in [0.05, 0.1) is 5.39 Å². The van der Waals surface area contributed by atoms with Gasteiger partial charge in [0, 0.05) is 37.9 Å². The van der Waals surface area contributed by atoms with E-state index < -0.39 is 0 Å². The first-order valence-corrected chi connectivity index (χ1v) is 7.82. The molecule has 1 atom stereocenters. The minimum absolute atomic E-state index is 0.388. The number of aromatic nitrogens is 5. The van der Waals surface area contributed by atoms with Crippen molar-refractivity contribution in [1.82, 2.24) is 24.7 Å². The molecule has 0 radical (unpaired) electrons. The number of fused-ring (bicyclic) bond motifs is 1. The molecule has 3 aromatic rings. The molecule has 1 aliphatic heterocycles. The summed E-state index contributed by atoms with van der Waals surface area (Å²) in [6.45, 7) is 1.94. The number of nitrogens with two attached hydrogens (primary N) is 1. The number of hydrogen-bond acceptors (Lipinski definition) is 6. The van der Waals surface area contributed by atoms with Crippen LogP contribution in [0, 0.1) is 0 Å². The first-order chi connectivity index (χ1) is 11.2. The van der Waals surface area contributed by atoms with Gasteiger partial charge >= 0.3 is 0 Å². The Balaban J connectivity index is 1.63. The van der Waals surface area contributed by atoms with Gasteiger partial charge in [-0.15, -0.1) is 0 Å². The van der Waals surface area contributed by atoms with Gasteiger partial charge in [0.25, 0.3) is 0 Å². The minimum atomic E-state index is 0.388. The number of rotatable bonds is 2. The summed E-state index contributed by atoms with van der Waals surface area (Å²) in [4.78, 5) is 15.5. The van der Waals surface area contributed by atoms with E-state index in [1.807, 2.05) is 19.2 Å². The summed E-state index contributed by atoms with van der Waals surface area (Å²) in [6, 6.07) is 6.07. The number of nitrogen functional groups attached to an aromatic ring is 1. The molecule has 1 fully saturated rings. The molecule has 0 bridgehead atoms. The van der Waals surface area contributed by atoms with Crippen LogP contribution >= 0.6 is 0 Å². The Morgan fingerprint density at radius 1 is 1.26 bits per heavy atom. The minimum Gasteiger partial charge on any atom is -0.382 e. The molecule has 23 heavy (non-hydrogen) atoms. The van der Waals surface area contributed by atoms with Crippen molar-refractivity contribution < 1.29 is 0 Å². The van der Waals surface area contributed by atoms with Gasteiger partial charge in [0.1, 0.15) is 12.1 Å². The van der Waals surface area contributed by atoms with Crippen LogP contribution in [0.5, 0.6) is 0 Å². The maximum Gasteiger partial charge on any atom is 0.159 e. The van der Waals surface area contributed by atoms with Crippen LogP contribution in [0.3, 0.4) is 0 Å². The second kappa shape index (κ2) is 5.49. The molecule has 7 nitrogen and oxygen atoms in total. The first-order valence-electron chi connectivity index (χ1n) is 7.82. The van der Waals surface area contributed by atoms with E-state index in [1.165, 1.54) is 0 Å². The van der Waals surface area contributed by atoms with E-state index in [0.29, 0.717) is 11.7 Å². The van der Waals surface area contributed by atoms with E-state index in [1.54, 1.807) is 17.2 Å². The zero-order valence-electron chi connectivity index (χ0n) is 13.1. The summed E-state index contributed by atoms with van der Waals surface area (Å²) in [7, 11) is 1.88. The van der Waals surface area contributed by atoms with E-state index in [4.69, 9.17) is 10.7 Å². The highest BCUT2D eigenvalue weighted by Crippen LogP contribution is 2.29. The molecule has 2 N–H and O–H groups in total. The lowest BCUT2D eigenvalue weighted by atomic mass is 9.94. The quantitative estimate of drug-likeness (QED) is 0.776. The van der Waals surface area contributed by atoms with Crippen LogP contribution in [0.15, 0.2) is 30.7 Å². The first kappa shape index (κ1) is 13.9. The Morgan fingerprint density at radius 3 is 3.00 bits per heavy atom. The normalized spacial score (nSPS) is 18.5. The van der Waals surface area contributed by atoms with Crippen LogP contribution in [0.4, 0.5) is 11.6 Å². The van der Waals surface area contributed by atoms with E-state index in [9.17, 15) is 0 Å². The Kier molecular flexibility index (Phi) is 3.33. The molecule has 0 amide bonds. The fourth-order valence-electron chi connectivity index (χ4n) is 3.30. The molecule has 118 valence electrons. The number of hydrogen-bond donors (Lipinski definition) is 1. The Labute approximate surface area is 134 Å². The molecule has 0 aliphatic carbocycles. The van der Waals surface area contributed by atoms with Gasteiger partial charge in [-0.1, -0.05) is 0 Å². The molecule has 0 saturated carbocycles. The molecule has 3 aromatic heterocycles. The molecule has 0 aromatic carbocycles. The summed E-state index contributed by atoms with van der Waals surface area (Å²) in [5, 5.41) is 5.16. The maximum atomic E-state index is 5.91. The zero-order valence-corrected chi connectivity index (χ0v) is 13.1. The van der Waals surface area contributed by atoms with Crippen LogP contribution in [0.25, 0.3) is 11.0 Å². The summed E-state index contributed by atoms with van der Waals surface area (Å²) in [5.41, 5.74) is 7.85. The molecule has 1 unspecified atom stereocenters. The number of pyridine rings is 1. The SMILES string of the molecule is Cn1nc(N)c2ccc(C3CCCN(c4ccncn4)C3)nc21. The van der Waals surface area contributed by atoms with Crippen LogP contribution in [0.1, 0.15) is 24.5 Å². The summed E-state index contributed by atoms with van der Waals surface area (Å²) in [5.74, 6) is 1.91. The maximum absolute atomic E-state index is 5.91. The van der Waals surface area contributed by atoms with Crippen LogP contribution in [0.2, 0.25) is 0 Å². The molecule has 0 spiro atoms. The molecule has 1 saturated heterocycles. The lowest BCUT2D eigenvalue weighted by Crippen LogP contribution is -2.35. The summed E-state index contributed by atoms with van der Waals surface area (Å²) in [6.07, 6.45) is 5.64. The smallest absolute Gasteiger partial charge is 0.159 e. The van der Waals surface area contributed by atoms with Crippen molar-refractivity contribution in [1.29, 1.82) is 0 Å². The van der Waals surface area contributed by atoms with Crippen molar-refractivity contribution in [3.63, 3.8) is 0 Å². The molecular weight excluding hydrogens is 290 g/mol. The largest absolute Gasteiger partial charge is 0.382 e. The lowest BCUT2D eigenvalue weighted by Gasteiger charge is -2.33. The third-order valence-corrected chi connectivity index (χ3v) is 4.47. The third-order valence-electron chi connectivity index (χ3n) is 4.47. The lowest BCUT2D eigenvalue weighted by molar-refractivity contribution is 0.499. The van der Waals surface area contributed by atoms with Crippen LogP contribution < -0.4 is 10.6 Å². The fourth-order valence-corrected chi connectivity index (χ4v) is 3.30. The van der Waals surface area contributed by atoms with Crippen molar-refractivity contribution in [3.05, 3.63) is 36.4 Å². The highest BCUT2D eigenvalue weighted by atomic mass is 15.3. The number of nitrogens with zero attached hydrogens (tertiary/aromatic N) is 6. The number of aryl methyl sites for hydroxylation is 1. The second-order valence-corrected chi connectivity index (χ2v) is 5.97. The van der Waals surface area contributed by atoms with Crippen molar-refractivity contribution >= 4 is 22.7 Å². The van der Waals surface area contributed by atoms with Gasteiger partial charge in [0.2, 0.25) is 0 Å². The average molecular weight is 309 g/mol. The van der Waals surface area contributed by atoms with E-state index >= 15 is 0 Å². The number of piperidine rings is 1. The van der Waals surface area contributed by atoms with Crippen molar-refractivity contribution in [2.75, 3.05) is 23.7 Å². The second-order valence-electron chi connectivity index (χ2n) is 5.97. The highest BCUT2D eigenvalue weighted by Gasteiger charge is 2.24.